The Morgan fingerprint density at radius 3 is 2.00 bits per heavy atom. The van der Waals surface area contributed by atoms with Crippen molar-refractivity contribution >= 4 is 12.2 Å². The van der Waals surface area contributed by atoms with E-state index in [-0.39, 0.29) is 12.1 Å². The minimum Gasteiger partial charge on any atom is -0.442 e. The monoisotopic (exact) mass is 559 g/mol. The zero-order chi connectivity index (χ0) is 29.4. The number of hydrogen-bond acceptors (Lipinski definition) is 6. The van der Waals surface area contributed by atoms with Crippen molar-refractivity contribution in [2.45, 2.75) is 83.6 Å². The molecule has 0 aliphatic heterocycles. The van der Waals surface area contributed by atoms with Crippen molar-refractivity contribution < 1.29 is 28.5 Å². The van der Waals surface area contributed by atoms with Crippen LogP contribution in [-0.4, -0.2) is 31.0 Å². The van der Waals surface area contributed by atoms with Crippen LogP contribution in [0.4, 0.5) is 9.59 Å². The molecule has 0 spiro atoms. The third-order valence-electron chi connectivity index (χ3n) is 8.22. The summed E-state index contributed by atoms with van der Waals surface area (Å²) in [6, 6.07) is 24.5. The van der Waals surface area contributed by atoms with Gasteiger partial charge in [-0.1, -0.05) is 80.6 Å². The molecule has 4 atom stereocenters. The van der Waals surface area contributed by atoms with E-state index in [4.69, 9.17) is 18.9 Å². The Morgan fingerprint density at radius 2 is 1.44 bits per heavy atom. The van der Waals surface area contributed by atoms with Crippen molar-refractivity contribution in [1.29, 1.82) is 0 Å². The molecule has 1 aliphatic carbocycles. The molecule has 0 saturated heterocycles. The fraction of sp³-hybridized carbons (Fsp3) is 0.412. The summed E-state index contributed by atoms with van der Waals surface area (Å²) in [5, 5.41) is 3.17. The molecule has 3 aromatic carbocycles. The van der Waals surface area contributed by atoms with E-state index in [9.17, 15) is 9.59 Å². The van der Waals surface area contributed by atoms with Gasteiger partial charge in [-0.25, -0.2) is 9.59 Å². The molecule has 2 unspecified atom stereocenters. The highest BCUT2D eigenvalue weighted by Crippen LogP contribution is 2.45. The van der Waals surface area contributed by atoms with Gasteiger partial charge in [0.2, 0.25) is 0 Å². The van der Waals surface area contributed by atoms with Gasteiger partial charge in [0.05, 0.1) is 12.1 Å². The Labute approximate surface area is 243 Å². The summed E-state index contributed by atoms with van der Waals surface area (Å²) in [5.74, 6) is 0.397. The van der Waals surface area contributed by atoms with Gasteiger partial charge < -0.3 is 24.3 Å². The lowest BCUT2D eigenvalue weighted by atomic mass is 9.62. The molecule has 0 fully saturated rings. The van der Waals surface area contributed by atoms with Crippen LogP contribution in [0.25, 0.3) is 0 Å². The number of alkyl carbamates (subject to hydrolysis) is 1. The number of benzene rings is 3. The summed E-state index contributed by atoms with van der Waals surface area (Å²) >= 11 is 0. The van der Waals surface area contributed by atoms with Crippen LogP contribution in [0.15, 0.2) is 78.9 Å². The molecule has 218 valence electrons. The first-order chi connectivity index (χ1) is 19.8. The lowest BCUT2D eigenvalue weighted by Crippen LogP contribution is -2.60. The Kier molecular flexibility index (Phi) is 10.1. The normalized spacial score (nSPS) is 18.9. The predicted octanol–water partition coefficient (Wildman–Crippen LogP) is 7.84. The maximum Gasteiger partial charge on any atom is 0.514 e. The summed E-state index contributed by atoms with van der Waals surface area (Å²) < 4.78 is 23.2. The topological polar surface area (TPSA) is 83.1 Å². The molecule has 0 heterocycles. The van der Waals surface area contributed by atoms with Gasteiger partial charge in [-0.05, 0) is 68.0 Å². The van der Waals surface area contributed by atoms with Gasteiger partial charge in [0, 0.05) is 18.4 Å². The quantitative estimate of drug-likeness (QED) is 0.201. The number of nitrogens with one attached hydrogen (secondary N) is 1. The Balaban J connectivity index is 1.56. The van der Waals surface area contributed by atoms with Gasteiger partial charge >= 0.3 is 12.2 Å². The van der Waals surface area contributed by atoms with Crippen molar-refractivity contribution in [2.75, 3.05) is 6.61 Å². The summed E-state index contributed by atoms with van der Waals surface area (Å²) in [4.78, 5) is 25.9. The molecule has 0 saturated carbocycles. The molecular formula is C34H41NO6. The van der Waals surface area contributed by atoms with E-state index in [1.807, 2.05) is 93.6 Å². The zero-order valence-corrected chi connectivity index (χ0v) is 24.6. The summed E-state index contributed by atoms with van der Waals surface area (Å²) in [7, 11) is 0. The Bertz CT molecular complexity index is 1290. The van der Waals surface area contributed by atoms with E-state index >= 15 is 0 Å². The van der Waals surface area contributed by atoms with Crippen molar-refractivity contribution in [3.05, 3.63) is 101 Å². The van der Waals surface area contributed by atoms with Crippen molar-refractivity contribution in [2.24, 2.45) is 0 Å². The highest BCUT2D eigenvalue weighted by molar-refractivity contribution is 5.69. The minimum atomic E-state index is -0.768. The van der Waals surface area contributed by atoms with Crippen LogP contribution in [0.5, 0.6) is 5.75 Å². The lowest BCUT2D eigenvalue weighted by Gasteiger charge is -2.48. The largest absolute Gasteiger partial charge is 0.514 e. The maximum absolute atomic E-state index is 13.2. The number of amides is 1. The third-order valence-corrected chi connectivity index (χ3v) is 8.22. The van der Waals surface area contributed by atoms with Gasteiger partial charge in [-0.3, -0.25) is 0 Å². The van der Waals surface area contributed by atoms with E-state index in [1.54, 1.807) is 6.07 Å². The molecule has 41 heavy (non-hydrogen) atoms. The van der Waals surface area contributed by atoms with Gasteiger partial charge in [-0.2, -0.15) is 0 Å². The summed E-state index contributed by atoms with van der Waals surface area (Å²) in [5.41, 5.74) is 3.47. The van der Waals surface area contributed by atoms with E-state index in [1.165, 1.54) is 0 Å². The Morgan fingerprint density at radius 1 is 0.854 bits per heavy atom. The van der Waals surface area contributed by atoms with E-state index in [0.29, 0.717) is 18.8 Å². The van der Waals surface area contributed by atoms with Crippen LogP contribution < -0.4 is 10.1 Å². The van der Waals surface area contributed by atoms with Crippen molar-refractivity contribution in [3.63, 3.8) is 0 Å². The molecule has 4 rings (SSSR count). The van der Waals surface area contributed by atoms with Crippen molar-refractivity contribution in [1.82, 2.24) is 5.32 Å². The molecule has 0 aromatic heterocycles. The molecule has 1 aliphatic rings. The first kappa shape index (κ1) is 30.1. The van der Waals surface area contributed by atoms with E-state index in [2.05, 4.69) is 19.2 Å². The standard InChI is InChI=1S/C34H41NO6/c1-6-34(7-2)29-22-28(41-33(37)40-24(5)26-17-13-10-14-18-26)20-19-27(29)21-30(38-8-3)31(34)35-32(36)39-23(4)25-15-11-9-12-16-25/h9-20,22-24,30-31H,6-8,21H2,1-5H3,(H,35,36)/t23-,24+,30?,31?/m1/s1. The van der Waals surface area contributed by atoms with Crippen molar-refractivity contribution in [3.8, 4) is 5.75 Å². The molecular weight excluding hydrogens is 518 g/mol. The van der Waals surface area contributed by atoms with Gasteiger partial charge in [-0.15, -0.1) is 0 Å². The highest BCUT2D eigenvalue weighted by Gasteiger charge is 2.48. The molecule has 0 radical (unpaired) electrons. The number of ether oxygens (including phenoxy) is 4. The Hall–Kier alpha value is -3.84. The zero-order valence-electron chi connectivity index (χ0n) is 24.6. The highest BCUT2D eigenvalue weighted by atomic mass is 16.7. The smallest absolute Gasteiger partial charge is 0.442 e. The third kappa shape index (κ3) is 6.91. The predicted molar refractivity (Wildman–Crippen MR) is 158 cm³/mol. The maximum atomic E-state index is 13.2. The van der Waals surface area contributed by atoms with E-state index < -0.39 is 29.9 Å². The molecule has 1 amide bonds. The van der Waals surface area contributed by atoms with Crippen LogP contribution >= 0.6 is 0 Å². The second-order valence-electron chi connectivity index (χ2n) is 10.5. The van der Waals surface area contributed by atoms with Crippen LogP contribution in [0.3, 0.4) is 0 Å². The molecule has 0 bridgehead atoms. The number of carbonyl (C=O) groups excluding carboxylic acids is 2. The van der Waals surface area contributed by atoms with Crippen LogP contribution in [0.1, 0.15) is 81.9 Å². The second-order valence-corrected chi connectivity index (χ2v) is 10.5. The number of rotatable bonds is 10. The lowest BCUT2D eigenvalue weighted by molar-refractivity contribution is -0.00398. The van der Waals surface area contributed by atoms with E-state index in [0.717, 1.165) is 35.1 Å². The second kappa shape index (κ2) is 13.7. The average Bonchev–Trinajstić information content (AvgIpc) is 2.98. The fourth-order valence-electron chi connectivity index (χ4n) is 5.96. The first-order valence-corrected chi connectivity index (χ1v) is 14.5. The molecule has 7 nitrogen and oxygen atoms in total. The summed E-state index contributed by atoms with van der Waals surface area (Å²) in [6.07, 6.45) is -0.268. The van der Waals surface area contributed by atoms with Gasteiger partial charge in [0.1, 0.15) is 18.0 Å². The first-order valence-electron chi connectivity index (χ1n) is 14.5. The number of hydrogen-bond donors (Lipinski definition) is 1. The van der Waals surface area contributed by atoms with Gasteiger partial charge in [0.25, 0.3) is 0 Å². The van der Waals surface area contributed by atoms with Crippen LogP contribution in [-0.2, 0) is 26.0 Å². The molecule has 7 heteroatoms. The van der Waals surface area contributed by atoms with Crippen LogP contribution in [0, 0.1) is 0 Å². The van der Waals surface area contributed by atoms with Crippen LogP contribution in [0.2, 0.25) is 0 Å². The molecule has 3 aromatic rings. The SMILES string of the molecule is CCOC1Cc2ccc(OC(=O)O[C@@H](C)c3ccccc3)cc2C(CC)(CC)C1NC(=O)O[C@H](C)c1ccccc1. The summed E-state index contributed by atoms with van der Waals surface area (Å²) in [6.45, 7) is 10.4. The number of fused-ring (bicyclic) bond motifs is 1. The van der Waals surface area contributed by atoms with Gasteiger partial charge in [0.15, 0.2) is 0 Å². The number of carbonyl (C=O) groups is 2. The molecule has 1 N–H and O–H groups in total. The average molecular weight is 560 g/mol. The fourth-order valence-corrected chi connectivity index (χ4v) is 5.96. The minimum absolute atomic E-state index is 0.240.